The van der Waals surface area contributed by atoms with Crippen molar-refractivity contribution in [3.8, 4) is 16.9 Å². The van der Waals surface area contributed by atoms with E-state index in [4.69, 9.17) is 10.5 Å². The second-order valence-corrected chi connectivity index (χ2v) is 8.27. The van der Waals surface area contributed by atoms with Crippen molar-refractivity contribution in [2.45, 2.75) is 31.1 Å². The summed E-state index contributed by atoms with van der Waals surface area (Å²) in [6.07, 6.45) is 3.21. The number of nitrogens with one attached hydrogen (secondary N) is 1. The highest BCUT2D eigenvalue weighted by Gasteiger charge is 2.21. The third-order valence-electron chi connectivity index (χ3n) is 5.29. The number of hydrogen-bond acceptors (Lipinski definition) is 5. The summed E-state index contributed by atoms with van der Waals surface area (Å²) in [7, 11) is 0. The molecule has 0 unspecified atom stereocenters. The molecule has 2 aromatic rings. The zero-order valence-corrected chi connectivity index (χ0v) is 17.9. The summed E-state index contributed by atoms with van der Waals surface area (Å²) in [5, 5.41) is 0. The molecule has 0 radical (unpaired) electrons. The Hall–Kier alpha value is -2.02. The Balaban J connectivity index is 1.47. The minimum absolute atomic E-state index is 0.173. The first kappa shape index (κ1) is 21.7. The summed E-state index contributed by atoms with van der Waals surface area (Å²) < 4.78 is 8.73. The van der Waals surface area contributed by atoms with E-state index in [9.17, 15) is 4.79 Å². The maximum atomic E-state index is 12.4. The fourth-order valence-electron chi connectivity index (χ4n) is 3.65. The largest absolute Gasteiger partial charge is 0.494 e. The molecule has 1 amide bonds. The predicted octanol–water partition coefficient (Wildman–Crippen LogP) is 3.94. The summed E-state index contributed by atoms with van der Waals surface area (Å²) in [5.74, 6) is 1.73. The molecule has 1 aliphatic rings. The van der Waals surface area contributed by atoms with E-state index in [0.29, 0.717) is 19.1 Å². The molecule has 0 saturated carbocycles. The second-order valence-electron chi connectivity index (χ2n) is 7.31. The van der Waals surface area contributed by atoms with E-state index in [1.54, 1.807) is 0 Å². The van der Waals surface area contributed by atoms with Crippen LogP contribution in [0, 0.1) is 5.92 Å². The van der Waals surface area contributed by atoms with E-state index in [0.717, 1.165) is 60.7 Å². The van der Waals surface area contributed by atoms with Crippen LogP contribution in [0.1, 0.15) is 26.2 Å². The summed E-state index contributed by atoms with van der Waals surface area (Å²) in [6, 6.07) is 16.4. The van der Waals surface area contributed by atoms with Crippen LogP contribution in [0.2, 0.25) is 0 Å². The van der Waals surface area contributed by atoms with Crippen molar-refractivity contribution in [1.82, 2.24) is 9.62 Å². The highest BCUT2D eigenvalue weighted by atomic mass is 32.2. The molecule has 3 rings (SSSR count). The van der Waals surface area contributed by atoms with Crippen LogP contribution in [0.25, 0.3) is 11.1 Å². The molecular formula is C23H31N3O2S. The molecule has 156 valence electrons. The average molecular weight is 414 g/mol. The fraction of sp³-hybridized carbons (Fsp3) is 0.435. The van der Waals surface area contributed by atoms with Crippen molar-refractivity contribution < 1.29 is 9.53 Å². The molecule has 5 nitrogen and oxygen atoms in total. The number of nitrogens with two attached hydrogens (primary N) is 1. The van der Waals surface area contributed by atoms with E-state index >= 15 is 0 Å². The van der Waals surface area contributed by atoms with Crippen molar-refractivity contribution in [2.75, 3.05) is 32.8 Å². The Labute approximate surface area is 178 Å². The van der Waals surface area contributed by atoms with Crippen molar-refractivity contribution in [3.63, 3.8) is 0 Å². The van der Waals surface area contributed by atoms with Gasteiger partial charge in [0.05, 0.1) is 13.2 Å². The zero-order valence-electron chi connectivity index (χ0n) is 17.1. The molecule has 1 saturated heterocycles. The Morgan fingerprint density at radius 3 is 2.62 bits per heavy atom. The Kier molecular flexibility index (Phi) is 8.40. The van der Waals surface area contributed by atoms with Crippen molar-refractivity contribution in [3.05, 3.63) is 48.5 Å². The Bertz CT molecular complexity index is 774. The highest BCUT2D eigenvalue weighted by molar-refractivity contribution is 7.97. The van der Waals surface area contributed by atoms with Gasteiger partial charge in [-0.15, -0.1) is 0 Å². The van der Waals surface area contributed by atoms with Crippen LogP contribution in [-0.4, -0.2) is 43.6 Å². The number of ether oxygens (including phenoxy) is 1. The van der Waals surface area contributed by atoms with Gasteiger partial charge in [-0.25, -0.2) is 0 Å². The van der Waals surface area contributed by atoms with Crippen molar-refractivity contribution >= 4 is 17.9 Å². The lowest BCUT2D eigenvalue weighted by molar-refractivity contribution is -0.131. The van der Waals surface area contributed by atoms with Crippen LogP contribution >= 0.6 is 11.9 Å². The van der Waals surface area contributed by atoms with E-state index in [1.165, 1.54) is 11.9 Å². The summed E-state index contributed by atoms with van der Waals surface area (Å²) >= 11 is 1.50. The number of carbonyl (C=O) groups is 1. The van der Waals surface area contributed by atoms with E-state index in [2.05, 4.69) is 35.1 Å². The second kappa shape index (κ2) is 11.2. The maximum absolute atomic E-state index is 12.4. The molecule has 0 spiro atoms. The normalized spacial score (nSPS) is 14.8. The molecule has 0 atom stereocenters. The summed E-state index contributed by atoms with van der Waals surface area (Å²) in [5.41, 5.74) is 7.93. The van der Waals surface area contributed by atoms with Gasteiger partial charge in [0.25, 0.3) is 0 Å². The van der Waals surface area contributed by atoms with Gasteiger partial charge in [0, 0.05) is 18.0 Å². The first-order valence-corrected chi connectivity index (χ1v) is 11.2. The van der Waals surface area contributed by atoms with Crippen molar-refractivity contribution in [1.29, 1.82) is 0 Å². The standard InChI is InChI=1S/C23H31N3O2S/c1-2-28-21-8-6-19(7-9-21)20-4-3-5-22(16-20)29-25-17-23(27)26-14-11-18(10-13-24)12-15-26/h3-9,16,18,25H,2,10-15,17,24H2,1H3. The van der Waals surface area contributed by atoms with Crippen LogP contribution in [0.3, 0.4) is 0 Å². The summed E-state index contributed by atoms with van der Waals surface area (Å²) in [4.78, 5) is 15.5. The number of rotatable bonds is 9. The number of piperidine rings is 1. The van der Waals surface area contributed by atoms with Crippen molar-refractivity contribution in [2.24, 2.45) is 11.7 Å². The molecule has 1 heterocycles. The molecule has 29 heavy (non-hydrogen) atoms. The smallest absolute Gasteiger partial charge is 0.237 e. The van der Waals surface area contributed by atoms with Gasteiger partial charge in [-0.05, 0) is 86.0 Å². The van der Waals surface area contributed by atoms with Gasteiger partial charge >= 0.3 is 0 Å². The van der Waals surface area contributed by atoms with Crippen LogP contribution in [-0.2, 0) is 4.79 Å². The third-order valence-corrected chi connectivity index (χ3v) is 6.07. The lowest BCUT2D eigenvalue weighted by Crippen LogP contribution is -2.42. The molecule has 0 aromatic heterocycles. The molecule has 1 fully saturated rings. The first-order chi connectivity index (χ1) is 14.2. The zero-order chi connectivity index (χ0) is 20.5. The minimum Gasteiger partial charge on any atom is -0.494 e. The van der Waals surface area contributed by atoms with E-state index in [1.807, 2.05) is 30.0 Å². The number of carbonyl (C=O) groups excluding carboxylic acids is 1. The fourth-order valence-corrected chi connectivity index (χ4v) is 4.34. The number of hydrogen-bond donors (Lipinski definition) is 2. The number of amides is 1. The highest BCUT2D eigenvalue weighted by Crippen LogP contribution is 2.26. The van der Waals surface area contributed by atoms with Crippen LogP contribution in [0.15, 0.2) is 53.4 Å². The molecule has 0 aliphatic carbocycles. The molecular weight excluding hydrogens is 382 g/mol. The summed E-state index contributed by atoms with van der Waals surface area (Å²) in [6.45, 7) is 5.44. The van der Waals surface area contributed by atoms with Crippen LogP contribution in [0.5, 0.6) is 5.75 Å². The third kappa shape index (κ3) is 6.49. The van der Waals surface area contributed by atoms with E-state index < -0.39 is 0 Å². The lowest BCUT2D eigenvalue weighted by atomic mass is 9.93. The molecule has 6 heteroatoms. The predicted molar refractivity (Wildman–Crippen MR) is 120 cm³/mol. The van der Waals surface area contributed by atoms with E-state index in [-0.39, 0.29) is 5.91 Å². The molecule has 3 N–H and O–H groups in total. The first-order valence-electron chi connectivity index (χ1n) is 10.4. The lowest BCUT2D eigenvalue weighted by Gasteiger charge is -2.31. The average Bonchev–Trinajstić information content (AvgIpc) is 2.75. The van der Waals surface area contributed by atoms with Gasteiger partial charge in [-0.1, -0.05) is 24.3 Å². The Morgan fingerprint density at radius 1 is 1.17 bits per heavy atom. The minimum atomic E-state index is 0.173. The van der Waals surface area contributed by atoms with Gasteiger partial charge in [0.1, 0.15) is 5.75 Å². The SMILES string of the molecule is CCOc1ccc(-c2cccc(SNCC(=O)N3CCC(CCN)CC3)c2)cc1. The van der Waals surface area contributed by atoms with Gasteiger partial charge < -0.3 is 15.4 Å². The number of nitrogens with zero attached hydrogens (tertiary/aromatic N) is 1. The molecule has 0 bridgehead atoms. The quantitative estimate of drug-likeness (QED) is 0.610. The van der Waals surface area contributed by atoms with Gasteiger partial charge in [0.15, 0.2) is 0 Å². The monoisotopic (exact) mass is 413 g/mol. The topological polar surface area (TPSA) is 67.6 Å². The van der Waals surface area contributed by atoms with Gasteiger partial charge in [-0.3, -0.25) is 9.52 Å². The Morgan fingerprint density at radius 2 is 1.93 bits per heavy atom. The molecule has 2 aromatic carbocycles. The number of likely N-dealkylation sites (tertiary alicyclic amines) is 1. The van der Waals surface area contributed by atoms with Gasteiger partial charge in [-0.2, -0.15) is 0 Å². The number of benzene rings is 2. The molecule has 1 aliphatic heterocycles. The van der Waals surface area contributed by atoms with Gasteiger partial charge in [0.2, 0.25) is 5.91 Å². The van der Waals surface area contributed by atoms with Crippen LogP contribution in [0.4, 0.5) is 0 Å². The maximum Gasteiger partial charge on any atom is 0.237 e. The van der Waals surface area contributed by atoms with Crippen LogP contribution < -0.4 is 15.2 Å².